The van der Waals surface area contributed by atoms with E-state index in [1.54, 1.807) is 20.8 Å². The molecule has 0 aromatic rings. The van der Waals surface area contributed by atoms with Crippen LogP contribution in [0.1, 0.15) is 65.7 Å². The highest BCUT2D eigenvalue weighted by atomic mass is 19.1. The molecule has 6 atom stereocenters. The maximum Gasteiger partial charge on any atom is 0.227 e. The summed E-state index contributed by atoms with van der Waals surface area (Å²) in [7, 11) is 0. The number of piperidine rings is 1. The average Bonchev–Trinajstić information content (AvgIpc) is 2.86. The third-order valence-electron chi connectivity index (χ3n) is 8.78. The Morgan fingerprint density at radius 1 is 1.13 bits per heavy atom. The molecule has 0 aromatic heterocycles. The van der Waals surface area contributed by atoms with Crippen LogP contribution < -0.4 is 27.4 Å². The monoisotopic (exact) mass is 559 g/mol. The molecular weight excluding hydrogens is 504 g/mol. The Bertz CT molecular complexity index is 727. The smallest absolute Gasteiger partial charge is 0.227 e. The minimum absolute atomic E-state index is 0.152. The first-order valence-corrected chi connectivity index (χ1v) is 15.2. The fraction of sp³-hybridized carbons (Fsp3) is 0.964. The zero-order valence-electron chi connectivity index (χ0n) is 24.4. The highest BCUT2D eigenvalue weighted by Gasteiger charge is 2.41. The predicted octanol–water partition coefficient (Wildman–Crippen LogP) is 0.706. The maximum atomic E-state index is 15.2. The summed E-state index contributed by atoms with van der Waals surface area (Å²) in [4.78, 5) is 17.7. The van der Waals surface area contributed by atoms with E-state index in [1.807, 2.05) is 0 Å². The fourth-order valence-electron chi connectivity index (χ4n) is 6.71. The summed E-state index contributed by atoms with van der Waals surface area (Å²) in [5.74, 6) is -0.486. The second-order valence-electron chi connectivity index (χ2n) is 12.9. The Hall–Kier alpha value is -0.950. The Balaban J connectivity index is 1.52. The van der Waals surface area contributed by atoms with Crippen LogP contribution in [0.5, 0.6) is 0 Å². The average molecular weight is 560 g/mol. The van der Waals surface area contributed by atoms with Crippen molar-refractivity contribution in [2.45, 2.75) is 108 Å². The van der Waals surface area contributed by atoms with E-state index in [0.29, 0.717) is 38.5 Å². The Kier molecular flexibility index (Phi) is 12.8. The molecular formula is C28H55F2N7O2. The molecule has 8 N–H and O–H groups in total. The van der Waals surface area contributed by atoms with Crippen LogP contribution in [0.4, 0.5) is 8.78 Å². The molecule has 39 heavy (non-hydrogen) atoms. The zero-order chi connectivity index (χ0) is 28.6. The van der Waals surface area contributed by atoms with E-state index >= 15 is 4.39 Å². The number of carbonyl (C=O) groups excluding carboxylic acids is 1. The van der Waals surface area contributed by atoms with Crippen LogP contribution in [-0.2, 0) is 4.79 Å². The van der Waals surface area contributed by atoms with Gasteiger partial charge in [-0.1, -0.05) is 32.1 Å². The van der Waals surface area contributed by atoms with Gasteiger partial charge in [-0.05, 0) is 39.5 Å². The molecule has 1 amide bonds. The number of piperazine rings is 1. The number of hydrogen-bond acceptors (Lipinski definition) is 8. The number of rotatable bonds is 13. The molecule has 0 aromatic carbocycles. The van der Waals surface area contributed by atoms with Crippen molar-refractivity contribution in [3.05, 3.63) is 0 Å². The van der Waals surface area contributed by atoms with Gasteiger partial charge >= 0.3 is 0 Å². The molecule has 2 aliphatic heterocycles. The van der Waals surface area contributed by atoms with Crippen molar-refractivity contribution in [2.75, 3.05) is 52.4 Å². The maximum absolute atomic E-state index is 15.2. The summed E-state index contributed by atoms with van der Waals surface area (Å²) in [6.45, 7) is 9.54. The van der Waals surface area contributed by atoms with Crippen molar-refractivity contribution >= 4 is 5.91 Å². The summed E-state index contributed by atoms with van der Waals surface area (Å²) in [6.07, 6.45) is 4.57. The fourth-order valence-corrected chi connectivity index (χ4v) is 6.71. The van der Waals surface area contributed by atoms with Crippen LogP contribution >= 0.6 is 0 Å². The number of carbonyl (C=O) groups is 1. The number of amides is 1. The van der Waals surface area contributed by atoms with Gasteiger partial charge in [-0.25, -0.2) is 8.78 Å². The molecule has 6 unspecified atom stereocenters. The Morgan fingerprint density at radius 3 is 2.41 bits per heavy atom. The van der Waals surface area contributed by atoms with Crippen LogP contribution in [-0.4, -0.2) is 115 Å². The van der Waals surface area contributed by atoms with Gasteiger partial charge in [0, 0.05) is 58.4 Å². The first-order valence-electron chi connectivity index (χ1n) is 15.2. The Morgan fingerprint density at radius 2 is 1.79 bits per heavy atom. The van der Waals surface area contributed by atoms with Gasteiger partial charge in [-0.2, -0.15) is 0 Å². The highest BCUT2D eigenvalue weighted by Crippen LogP contribution is 2.28. The topological polar surface area (TPSA) is 132 Å². The predicted molar refractivity (Wildman–Crippen MR) is 152 cm³/mol. The zero-order valence-corrected chi connectivity index (χ0v) is 24.4. The third-order valence-corrected chi connectivity index (χ3v) is 8.78. The van der Waals surface area contributed by atoms with Gasteiger partial charge in [-0.3, -0.25) is 14.6 Å². The van der Waals surface area contributed by atoms with Crippen molar-refractivity contribution in [1.82, 2.24) is 25.8 Å². The van der Waals surface area contributed by atoms with Gasteiger partial charge in [0.25, 0.3) is 0 Å². The summed E-state index contributed by atoms with van der Waals surface area (Å²) >= 11 is 0. The van der Waals surface area contributed by atoms with Crippen molar-refractivity contribution in [1.29, 1.82) is 0 Å². The lowest BCUT2D eigenvalue weighted by atomic mass is 9.85. The molecule has 0 radical (unpaired) electrons. The molecule has 228 valence electrons. The van der Waals surface area contributed by atoms with Crippen molar-refractivity contribution < 1.29 is 18.7 Å². The molecule has 3 fully saturated rings. The Labute approximate surface area is 234 Å². The van der Waals surface area contributed by atoms with E-state index < -0.39 is 48.2 Å². The summed E-state index contributed by atoms with van der Waals surface area (Å²) in [5, 5.41) is 19.4. The molecule has 3 aliphatic rings. The van der Waals surface area contributed by atoms with Gasteiger partial charge in [0.15, 0.2) is 0 Å². The van der Waals surface area contributed by atoms with Gasteiger partial charge in [0.1, 0.15) is 12.3 Å². The normalized spacial score (nSPS) is 28.8. The SMILES string of the molecule is CC(NCC(F)CCC1CCCCC1)C(C(=O)NC1CNCC(F)C1N1CCN(CC(C)(C)O)CC1)C(N)N. The number of β-amino-alcohol motifs (C(OH)–C–C–N with tert-alkyl or cyclic N) is 1. The molecule has 0 bridgehead atoms. The van der Waals surface area contributed by atoms with Crippen molar-refractivity contribution in [3.63, 3.8) is 0 Å². The summed E-state index contributed by atoms with van der Waals surface area (Å²) in [5.41, 5.74) is 11.3. The number of nitrogens with two attached hydrogens (primary N) is 2. The molecule has 0 spiro atoms. The number of hydrogen-bond donors (Lipinski definition) is 6. The largest absolute Gasteiger partial charge is 0.389 e. The molecule has 1 aliphatic carbocycles. The van der Waals surface area contributed by atoms with Gasteiger partial charge < -0.3 is 32.5 Å². The number of halogens is 2. The number of aliphatic hydroxyl groups is 1. The quantitative estimate of drug-likeness (QED) is 0.182. The van der Waals surface area contributed by atoms with E-state index in [0.717, 1.165) is 19.5 Å². The first-order chi connectivity index (χ1) is 18.4. The lowest BCUT2D eigenvalue weighted by molar-refractivity contribution is -0.128. The van der Waals surface area contributed by atoms with Gasteiger partial charge in [0.2, 0.25) is 5.91 Å². The number of nitrogens with zero attached hydrogens (tertiary/aromatic N) is 2. The van der Waals surface area contributed by atoms with E-state index in [1.165, 1.54) is 32.1 Å². The highest BCUT2D eigenvalue weighted by molar-refractivity contribution is 5.80. The van der Waals surface area contributed by atoms with E-state index in [2.05, 4.69) is 25.8 Å². The van der Waals surface area contributed by atoms with Gasteiger partial charge in [-0.15, -0.1) is 0 Å². The second-order valence-corrected chi connectivity index (χ2v) is 12.9. The van der Waals surface area contributed by atoms with Crippen LogP contribution in [0.15, 0.2) is 0 Å². The van der Waals surface area contributed by atoms with Crippen LogP contribution in [0.3, 0.4) is 0 Å². The number of alkyl halides is 2. The van der Waals surface area contributed by atoms with Crippen LogP contribution in [0.25, 0.3) is 0 Å². The standard InChI is InChI=1S/C28H55F2N7O2/c1-19(34-15-21(29)10-9-20-7-5-4-6-8-20)24(26(31)32)27(38)35-23-17-33-16-22(30)25(23)37-13-11-36(12-14-37)18-28(2,3)39/h19-26,33-34,39H,4-18,31-32H2,1-3H3,(H,35,38). The van der Waals surface area contributed by atoms with E-state index in [9.17, 15) is 14.3 Å². The van der Waals surface area contributed by atoms with Gasteiger partial charge in [0.05, 0.1) is 29.8 Å². The first kappa shape index (κ1) is 32.6. The third kappa shape index (κ3) is 10.4. The molecule has 9 nitrogen and oxygen atoms in total. The van der Waals surface area contributed by atoms with E-state index in [-0.39, 0.29) is 19.0 Å². The number of nitrogens with one attached hydrogen (secondary N) is 3. The molecule has 11 heteroatoms. The molecule has 3 rings (SSSR count). The van der Waals surface area contributed by atoms with Crippen molar-refractivity contribution in [2.24, 2.45) is 23.3 Å². The van der Waals surface area contributed by atoms with Crippen molar-refractivity contribution in [3.8, 4) is 0 Å². The lowest BCUT2D eigenvalue weighted by Gasteiger charge is -2.46. The summed E-state index contributed by atoms with van der Waals surface area (Å²) < 4.78 is 29.9. The van der Waals surface area contributed by atoms with E-state index in [4.69, 9.17) is 11.5 Å². The molecule has 2 saturated heterocycles. The molecule has 2 heterocycles. The second kappa shape index (κ2) is 15.3. The molecule has 1 saturated carbocycles. The minimum atomic E-state index is -1.14. The van der Waals surface area contributed by atoms with Crippen LogP contribution in [0.2, 0.25) is 0 Å². The summed E-state index contributed by atoms with van der Waals surface area (Å²) in [6, 6.07) is -1.34. The lowest BCUT2D eigenvalue weighted by Crippen LogP contribution is -2.68. The van der Waals surface area contributed by atoms with Crippen LogP contribution in [0, 0.1) is 11.8 Å². The minimum Gasteiger partial charge on any atom is -0.389 e.